The van der Waals surface area contributed by atoms with E-state index in [4.69, 9.17) is 9.84 Å². The van der Waals surface area contributed by atoms with E-state index < -0.39 is 6.09 Å². The highest BCUT2D eigenvalue weighted by atomic mass is 16.5. The summed E-state index contributed by atoms with van der Waals surface area (Å²) in [6.07, 6.45) is -0.200. The Bertz CT molecular complexity index is 692. The fourth-order valence-electron chi connectivity index (χ4n) is 3.98. The Morgan fingerprint density at radius 1 is 1.08 bits per heavy atom. The summed E-state index contributed by atoms with van der Waals surface area (Å²) in [6.45, 7) is 5.34. The lowest BCUT2D eigenvalue weighted by Crippen LogP contribution is -2.41. The summed E-state index contributed by atoms with van der Waals surface area (Å²) in [5.74, 6) is 0. The minimum absolute atomic E-state index is 0.0222. The number of carboxylic acid groups (broad SMARTS) is 1. The van der Waals surface area contributed by atoms with Gasteiger partial charge in [0.25, 0.3) is 0 Å². The van der Waals surface area contributed by atoms with E-state index in [0.717, 1.165) is 37.7 Å². The molecule has 3 aliphatic rings. The average molecular weight is 360 g/mol. The van der Waals surface area contributed by atoms with Gasteiger partial charge in [-0.2, -0.15) is 0 Å². The standard InChI is InChI=1S/C18H24N4O4/c23-17-21(6-7-22(17)16-4-5-20(13-16)18(24)25)15-3-1-2-14(12-15)19-8-10-26-11-9-19/h1-3,12,16H,4-11,13H2,(H,24,25)/t16-/m1/s1. The van der Waals surface area contributed by atoms with E-state index in [2.05, 4.69) is 17.0 Å². The normalized spacial score (nSPS) is 23.8. The van der Waals surface area contributed by atoms with Crippen molar-refractivity contribution >= 4 is 23.5 Å². The van der Waals surface area contributed by atoms with Crippen molar-refractivity contribution < 1.29 is 19.4 Å². The minimum Gasteiger partial charge on any atom is -0.465 e. The second kappa shape index (κ2) is 7.03. The van der Waals surface area contributed by atoms with Gasteiger partial charge in [-0.25, -0.2) is 9.59 Å². The molecule has 3 heterocycles. The highest BCUT2D eigenvalue weighted by Crippen LogP contribution is 2.28. The van der Waals surface area contributed by atoms with Crippen LogP contribution in [0.5, 0.6) is 0 Å². The second-order valence-corrected chi connectivity index (χ2v) is 6.92. The molecule has 1 aromatic carbocycles. The Morgan fingerprint density at radius 3 is 2.58 bits per heavy atom. The Labute approximate surface area is 152 Å². The molecule has 0 aliphatic carbocycles. The number of ether oxygens (including phenoxy) is 1. The number of likely N-dealkylation sites (tertiary alicyclic amines) is 1. The average Bonchev–Trinajstić information content (AvgIpc) is 3.29. The van der Waals surface area contributed by atoms with E-state index in [-0.39, 0.29) is 12.1 Å². The van der Waals surface area contributed by atoms with E-state index >= 15 is 0 Å². The third kappa shape index (κ3) is 3.16. The van der Waals surface area contributed by atoms with Gasteiger partial charge in [-0.1, -0.05) is 6.07 Å². The molecule has 140 valence electrons. The molecular weight excluding hydrogens is 336 g/mol. The van der Waals surface area contributed by atoms with Crippen molar-refractivity contribution in [2.75, 3.05) is 62.3 Å². The Kier molecular flexibility index (Phi) is 4.58. The first kappa shape index (κ1) is 17.0. The molecule has 1 atom stereocenters. The van der Waals surface area contributed by atoms with E-state index in [0.29, 0.717) is 32.6 Å². The van der Waals surface area contributed by atoms with Gasteiger partial charge in [0.15, 0.2) is 0 Å². The predicted octanol–water partition coefficient (Wildman–Crippen LogP) is 1.52. The van der Waals surface area contributed by atoms with Crippen LogP contribution in [-0.2, 0) is 4.74 Å². The van der Waals surface area contributed by atoms with Crippen molar-refractivity contribution in [1.29, 1.82) is 0 Å². The molecule has 0 bridgehead atoms. The fourth-order valence-corrected chi connectivity index (χ4v) is 3.98. The van der Waals surface area contributed by atoms with Gasteiger partial charge in [0.1, 0.15) is 0 Å². The van der Waals surface area contributed by atoms with Gasteiger partial charge in [0, 0.05) is 50.6 Å². The maximum Gasteiger partial charge on any atom is 0.407 e. The van der Waals surface area contributed by atoms with Gasteiger partial charge in [-0.15, -0.1) is 0 Å². The van der Waals surface area contributed by atoms with Gasteiger partial charge in [0.2, 0.25) is 0 Å². The Hall–Kier alpha value is -2.48. The van der Waals surface area contributed by atoms with Crippen molar-refractivity contribution in [2.24, 2.45) is 0 Å². The number of amides is 3. The number of anilines is 2. The van der Waals surface area contributed by atoms with E-state index in [1.807, 2.05) is 17.0 Å². The Morgan fingerprint density at radius 2 is 1.85 bits per heavy atom. The van der Waals surface area contributed by atoms with Crippen molar-refractivity contribution in [3.8, 4) is 0 Å². The zero-order chi connectivity index (χ0) is 18.1. The zero-order valence-electron chi connectivity index (χ0n) is 14.7. The number of carbonyl (C=O) groups is 2. The first-order valence-electron chi connectivity index (χ1n) is 9.12. The second-order valence-electron chi connectivity index (χ2n) is 6.92. The summed E-state index contributed by atoms with van der Waals surface area (Å²) in [5, 5.41) is 9.12. The summed E-state index contributed by atoms with van der Waals surface area (Å²) in [4.78, 5) is 31.3. The molecular formula is C18H24N4O4. The van der Waals surface area contributed by atoms with Crippen LogP contribution in [0.15, 0.2) is 24.3 Å². The van der Waals surface area contributed by atoms with Crippen LogP contribution in [0.25, 0.3) is 0 Å². The van der Waals surface area contributed by atoms with Crippen LogP contribution in [0, 0.1) is 0 Å². The zero-order valence-corrected chi connectivity index (χ0v) is 14.7. The van der Waals surface area contributed by atoms with Crippen molar-refractivity contribution in [3.63, 3.8) is 0 Å². The molecule has 3 amide bonds. The van der Waals surface area contributed by atoms with Crippen LogP contribution in [-0.4, -0.2) is 85.6 Å². The van der Waals surface area contributed by atoms with Crippen LogP contribution in [0.2, 0.25) is 0 Å². The van der Waals surface area contributed by atoms with Crippen molar-refractivity contribution in [2.45, 2.75) is 12.5 Å². The highest BCUT2D eigenvalue weighted by Gasteiger charge is 2.38. The van der Waals surface area contributed by atoms with Crippen LogP contribution >= 0.6 is 0 Å². The Balaban J connectivity index is 1.46. The number of benzene rings is 1. The fraction of sp³-hybridized carbons (Fsp3) is 0.556. The first-order valence-corrected chi connectivity index (χ1v) is 9.12. The van der Waals surface area contributed by atoms with Crippen LogP contribution in [0.3, 0.4) is 0 Å². The third-order valence-electron chi connectivity index (χ3n) is 5.43. The largest absolute Gasteiger partial charge is 0.465 e. The number of hydrogen-bond acceptors (Lipinski definition) is 4. The maximum atomic E-state index is 12.9. The molecule has 3 saturated heterocycles. The molecule has 0 unspecified atom stereocenters. The molecule has 0 spiro atoms. The number of urea groups is 1. The monoisotopic (exact) mass is 360 g/mol. The molecule has 0 aromatic heterocycles. The molecule has 8 nitrogen and oxygen atoms in total. The smallest absolute Gasteiger partial charge is 0.407 e. The number of hydrogen-bond donors (Lipinski definition) is 1. The lowest BCUT2D eigenvalue weighted by molar-refractivity contribution is 0.122. The molecule has 3 aliphatic heterocycles. The molecule has 1 aromatic rings. The van der Waals surface area contributed by atoms with Crippen LogP contribution in [0.4, 0.5) is 21.0 Å². The van der Waals surface area contributed by atoms with Crippen LogP contribution in [0.1, 0.15) is 6.42 Å². The molecule has 26 heavy (non-hydrogen) atoms. The summed E-state index contributed by atoms with van der Waals surface area (Å²) < 4.78 is 5.41. The van der Waals surface area contributed by atoms with Gasteiger partial charge in [-0.05, 0) is 24.6 Å². The van der Waals surface area contributed by atoms with E-state index in [1.165, 1.54) is 4.90 Å². The minimum atomic E-state index is -0.908. The van der Waals surface area contributed by atoms with Gasteiger partial charge < -0.3 is 24.5 Å². The first-order chi connectivity index (χ1) is 12.6. The summed E-state index contributed by atoms with van der Waals surface area (Å²) in [7, 11) is 0. The summed E-state index contributed by atoms with van der Waals surface area (Å²) in [5.41, 5.74) is 2.00. The lowest BCUT2D eigenvalue weighted by atomic mass is 10.2. The number of rotatable bonds is 3. The predicted molar refractivity (Wildman–Crippen MR) is 96.9 cm³/mol. The van der Waals surface area contributed by atoms with E-state index in [1.54, 1.807) is 4.90 Å². The van der Waals surface area contributed by atoms with Gasteiger partial charge in [-0.3, -0.25) is 4.90 Å². The molecule has 3 fully saturated rings. The summed E-state index contributed by atoms with van der Waals surface area (Å²) >= 11 is 0. The number of morpholine rings is 1. The highest BCUT2D eigenvalue weighted by molar-refractivity contribution is 5.95. The summed E-state index contributed by atoms with van der Waals surface area (Å²) in [6, 6.07) is 8.02. The van der Waals surface area contributed by atoms with Crippen LogP contribution < -0.4 is 9.80 Å². The van der Waals surface area contributed by atoms with Crippen molar-refractivity contribution in [1.82, 2.24) is 9.80 Å². The maximum absolute atomic E-state index is 12.9. The molecule has 0 radical (unpaired) electrons. The topological polar surface area (TPSA) is 76.6 Å². The number of carbonyl (C=O) groups excluding carboxylic acids is 1. The lowest BCUT2D eigenvalue weighted by Gasteiger charge is -2.30. The SMILES string of the molecule is O=C(O)N1CC[C@@H](N2CCN(c3cccc(N4CCOCC4)c3)C2=O)C1. The molecule has 1 N–H and O–H groups in total. The van der Waals surface area contributed by atoms with E-state index in [9.17, 15) is 9.59 Å². The molecule has 8 heteroatoms. The van der Waals surface area contributed by atoms with Gasteiger partial charge in [0.05, 0.1) is 19.3 Å². The quantitative estimate of drug-likeness (QED) is 0.884. The number of nitrogens with zero attached hydrogens (tertiary/aromatic N) is 4. The third-order valence-corrected chi connectivity index (χ3v) is 5.43. The van der Waals surface area contributed by atoms with Crippen molar-refractivity contribution in [3.05, 3.63) is 24.3 Å². The molecule has 0 saturated carbocycles. The molecule has 4 rings (SSSR count). The van der Waals surface area contributed by atoms with Gasteiger partial charge >= 0.3 is 12.1 Å².